The van der Waals surface area contributed by atoms with Crippen molar-refractivity contribution in [3.8, 4) is 0 Å². The van der Waals surface area contributed by atoms with Gasteiger partial charge in [0.05, 0.1) is 0 Å². The lowest BCUT2D eigenvalue weighted by molar-refractivity contribution is 0.497. The fourth-order valence-corrected chi connectivity index (χ4v) is 6.66. The minimum Gasteiger partial charge on any atom is -0.309 e. The van der Waals surface area contributed by atoms with Gasteiger partial charge in [0, 0.05) is 32.9 Å². The van der Waals surface area contributed by atoms with Gasteiger partial charge < -0.3 is 5.32 Å². The molecule has 108 valence electrons. The Hall–Kier alpha value is 0.360. The molecular weight excluding hydrogens is 290 g/mol. The second-order valence-corrected chi connectivity index (χ2v) is 8.77. The standard InChI is InChI=1S/C15H25NS3/c1-4-7-16-14(12-6-8-17-11(12)3)15-13(5-2)18-9-10-19-15/h6,8,13-16H,4-5,7,9-10H2,1-3H3. The second-order valence-electron chi connectivity index (χ2n) is 5.02. The van der Waals surface area contributed by atoms with Crippen molar-refractivity contribution >= 4 is 34.9 Å². The van der Waals surface area contributed by atoms with Crippen LogP contribution in [0.25, 0.3) is 0 Å². The van der Waals surface area contributed by atoms with Crippen molar-refractivity contribution in [3.05, 3.63) is 21.9 Å². The van der Waals surface area contributed by atoms with E-state index in [0.29, 0.717) is 6.04 Å². The molecule has 0 aromatic carbocycles. The molecule has 1 N–H and O–H groups in total. The molecule has 1 aliphatic rings. The predicted molar refractivity (Wildman–Crippen MR) is 92.9 cm³/mol. The highest BCUT2D eigenvalue weighted by molar-refractivity contribution is 8.07. The first-order valence-electron chi connectivity index (χ1n) is 7.28. The molecule has 1 aliphatic heterocycles. The number of nitrogens with one attached hydrogen (secondary N) is 1. The lowest BCUT2D eigenvalue weighted by atomic mass is 10.0. The number of hydrogen-bond acceptors (Lipinski definition) is 4. The third-order valence-corrected chi connectivity index (χ3v) is 7.88. The van der Waals surface area contributed by atoms with Crippen molar-refractivity contribution < 1.29 is 0 Å². The van der Waals surface area contributed by atoms with E-state index in [0.717, 1.165) is 17.0 Å². The first kappa shape index (κ1) is 15.7. The van der Waals surface area contributed by atoms with Gasteiger partial charge in [-0.2, -0.15) is 23.5 Å². The van der Waals surface area contributed by atoms with Gasteiger partial charge in [-0.3, -0.25) is 0 Å². The minimum absolute atomic E-state index is 0.536. The van der Waals surface area contributed by atoms with E-state index in [4.69, 9.17) is 0 Å². The van der Waals surface area contributed by atoms with Crippen LogP contribution in [0.2, 0.25) is 0 Å². The van der Waals surface area contributed by atoms with E-state index < -0.39 is 0 Å². The lowest BCUT2D eigenvalue weighted by Crippen LogP contribution is -2.39. The monoisotopic (exact) mass is 315 g/mol. The van der Waals surface area contributed by atoms with Gasteiger partial charge in [-0.05, 0) is 43.3 Å². The molecule has 1 aromatic heterocycles. The Morgan fingerprint density at radius 3 is 2.74 bits per heavy atom. The van der Waals surface area contributed by atoms with Crippen molar-refractivity contribution in [2.45, 2.75) is 50.2 Å². The van der Waals surface area contributed by atoms with Crippen LogP contribution >= 0.6 is 34.9 Å². The number of rotatable bonds is 6. The van der Waals surface area contributed by atoms with Gasteiger partial charge in [0.2, 0.25) is 0 Å². The van der Waals surface area contributed by atoms with E-state index in [1.54, 1.807) is 0 Å². The van der Waals surface area contributed by atoms with Crippen molar-refractivity contribution in [1.82, 2.24) is 5.32 Å². The van der Waals surface area contributed by atoms with Gasteiger partial charge in [-0.15, -0.1) is 11.3 Å². The van der Waals surface area contributed by atoms with E-state index in [1.165, 1.54) is 34.8 Å². The normalized spacial score (nSPS) is 25.4. The molecule has 0 aliphatic carbocycles. The van der Waals surface area contributed by atoms with Gasteiger partial charge in [0.25, 0.3) is 0 Å². The largest absolute Gasteiger partial charge is 0.309 e. The zero-order chi connectivity index (χ0) is 13.7. The molecule has 0 saturated carbocycles. The van der Waals surface area contributed by atoms with Crippen LogP contribution in [0.1, 0.15) is 43.2 Å². The van der Waals surface area contributed by atoms with Crippen molar-refractivity contribution in [2.75, 3.05) is 18.1 Å². The highest BCUT2D eigenvalue weighted by Gasteiger charge is 2.33. The summed E-state index contributed by atoms with van der Waals surface area (Å²) in [5, 5.41) is 7.59. The Morgan fingerprint density at radius 2 is 2.11 bits per heavy atom. The fourth-order valence-electron chi connectivity index (χ4n) is 2.67. The predicted octanol–water partition coefficient (Wildman–Crippen LogP) is 4.72. The first-order valence-corrected chi connectivity index (χ1v) is 10.3. The average Bonchev–Trinajstić information content (AvgIpc) is 2.86. The van der Waals surface area contributed by atoms with Gasteiger partial charge in [0.1, 0.15) is 0 Å². The van der Waals surface area contributed by atoms with Crippen LogP contribution < -0.4 is 5.32 Å². The van der Waals surface area contributed by atoms with E-state index >= 15 is 0 Å². The van der Waals surface area contributed by atoms with Crippen LogP contribution in [0.4, 0.5) is 0 Å². The molecule has 4 heteroatoms. The summed E-state index contributed by atoms with van der Waals surface area (Å²) >= 11 is 6.24. The van der Waals surface area contributed by atoms with Crippen molar-refractivity contribution in [2.24, 2.45) is 0 Å². The van der Waals surface area contributed by atoms with E-state index in [1.807, 2.05) is 11.3 Å². The smallest absolute Gasteiger partial charge is 0.0462 e. The topological polar surface area (TPSA) is 12.0 Å². The summed E-state index contributed by atoms with van der Waals surface area (Å²) in [7, 11) is 0. The number of thioether (sulfide) groups is 2. The van der Waals surface area contributed by atoms with Gasteiger partial charge >= 0.3 is 0 Å². The van der Waals surface area contributed by atoms with Crippen molar-refractivity contribution in [1.29, 1.82) is 0 Å². The molecule has 1 nitrogen and oxygen atoms in total. The highest BCUT2D eigenvalue weighted by Crippen LogP contribution is 2.41. The molecule has 0 spiro atoms. The van der Waals surface area contributed by atoms with E-state index in [-0.39, 0.29) is 0 Å². The molecule has 3 atom stereocenters. The molecule has 0 bridgehead atoms. The van der Waals surface area contributed by atoms with Crippen molar-refractivity contribution in [3.63, 3.8) is 0 Å². The van der Waals surface area contributed by atoms with Crippen LogP contribution in [-0.2, 0) is 0 Å². The Morgan fingerprint density at radius 1 is 1.32 bits per heavy atom. The first-order chi connectivity index (χ1) is 9.27. The lowest BCUT2D eigenvalue weighted by Gasteiger charge is -2.36. The maximum Gasteiger partial charge on any atom is 0.0462 e. The maximum absolute atomic E-state index is 3.82. The van der Waals surface area contributed by atoms with Gasteiger partial charge in [-0.1, -0.05) is 13.8 Å². The van der Waals surface area contributed by atoms with Crippen LogP contribution in [0, 0.1) is 6.92 Å². The molecule has 19 heavy (non-hydrogen) atoms. The summed E-state index contributed by atoms with van der Waals surface area (Å²) in [5.41, 5.74) is 1.54. The third kappa shape index (κ3) is 3.93. The summed E-state index contributed by atoms with van der Waals surface area (Å²) in [4.78, 5) is 1.49. The summed E-state index contributed by atoms with van der Waals surface area (Å²) < 4.78 is 0. The highest BCUT2D eigenvalue weighted by atomic mass is 32.2. The van der Waals surface area contributed by atoms with Crippen LogP contribution in [0.15, 0.2) is 11.4 Å². The Kier molecular flexibility index (Phi) is 6.60. The molecular formula is C15H25NS3. The number of thiophene rings is 1. The summed E-state index contributed by atoms with van der Waals surface area (Å²) in [6, 6.07) is 2.87. The minimum atomic E-state index is 0.536. The Bertz CT molecular complexity index is 377. The number of aryl methyl sites for hydroxylation is 1. The second kappa shape index (κ2) is 7.96. The van der Waals surface area contributed by atoms with Crippen LogP contribution in [0.3, 0.4) is 0 Å². The molecule has 2 rings (SSSR count). The molecule has 2 heterocycles. The average molecular weight is 316 g/mol. The molecule has 1 fully saturated rings. The number of hydrogen-bond donors (Lipinski definition) is 1. The molecule has 1 aromatic rings. The summed E-state index contributed by atoms with van der Waals surface area (Å²) in [6.45, 7) is 7.98. The summed E-state index contributed by atoms with van der Waals surface area (Å²) in [6.07, 6.45) is 2.50. The Balaban J connectivity index is 2.18. The van der Waals surface area contributed by atoms with Crippen LogP contribution in [-0.4, -0.2) is 28.6 Å². The molecule has 1 saturated heterocycles. The van der Waals surface area contributed by atoms with Crippen LogP contribution in [0.5, 0.6) is 0 Å². The molecule has 3 unspecified atom stereocenters. The SMILES string of the molecule is CCCNC(c1ccsc1C)C1SCCSC1CC. The maximum atomic E-state index is 3.82. The fraction of sp³-hybridized carbons (Fsp3) is 0.733. The zero-order valence-electron chi connectivity index (χ0n) is 12.1. The Labute approximate surface area is 130 Å². The third-order valence-electron chi connectivity index (χ3n) is 3.67. The zero-order valence-corrected chi connectivity index (χ0v) is 14.6. The van der Waals surface area contributed by atoms with E-state index in [2.05, 4.69) is 61.1 Å². The molecule has 0 radical (unpaired) electrons. The van der Waals surface area contributed by atoms with E-state index in [9.17, 15) is 0 Å². The summed E-state index contributed by atoms with van der Waals surface area (Å²) in [5.74, 6) is 2.63. The van der Waals surface area contributed by atoms with Gasteiger partial charge in [-0.25, -0.2) is 0 Å². The van der Waals surface area contributed by atoms with Gasteiger partial charge in [0.15, 0.2) is 0 Å². The quantitative estimate of drug-likeness (QED) is 0.815. The molecule has 0 amide bonds.